The summed E-state index contributed by atoms with van der Waals surface area (Å²) in [6, 6.07) is 0. The molecule has 0 atom stereocenters. The highest BCUT2D eigenvalue weighted by molar-refractivity contribution is 8.14. The monoisotopic (exact) mass is 220 g/mol. The summed E-state index contributed by atoms with van der Waals surface area (Å²) in [5.41, 5.74) is 0. The van der Waals surface area contributed by atoms with E-state index in [1.54, 1.807) is 0 Å². The van der Waals surface area contributed by atoms with E-state index in [9.17, 15) is 4.79 Å². The number of hydrogen-bond donors (Lipinski definition) is 2. The minimum Gasteiger partial charge on any atom is -0.379 e. The van der Waals surface area contributed by atoms with Crippen LogP contribution in [0, 0.1) is 0 Å². The van der Waals surface area contributed by atoms with E-state index >= 15 is 0 Å². The SMILES string of the molecule is C[SH](C)NC(=O)CCN1CCOCC1. The molecule has 1 aliphatic heterocycles. The lowest BCUT2D eigenvalue weighted by molar-refractivity contribution is -0.119. The molecule has 1 aliphatic rings. The van der Waals surface area contributed by atoms with Crippen molar-refractivity contribution in [3.05, 3.63) is 0 Å². The fourth-order valence-electron chi connectivity index (χ4n) is 1.39. The number of rotatable bonds is 4. The second kappa shape index (κ2) is 6.27. The van der Waals surface area contributed by atoms with Gasteiger partial charge in [0.1, 0.15) is 0 Å². The molecule has 0 unspecified atom stereocenters. The third kappa shape index (κ3) is 4.83. The molecule has 0 aromatic carbocycles. The molecule has 0 aliphatic carbocycles. The Bertz CT molecular complexity index is 182. The van der Waals surface area contributed by atoms with E-state index in [0.717, 1.165) is 32.8 Å². The van der Waals surface area contributed by atoms with Crippen LogP contribution < -0.4 is 4.72 Å². The van der Waals surface area contributed by atoms with Gasteiger partial charge >= 0.3 is 0 Å². The number of amides is 1. The number of thiol groups is 1. The zero-order valence-electron chi connectivity index (χ0n) is 8.95. The van der Waals surface area contributed by atoms with E-state index < -0.39 is 0 Å². The standard InChI is InChI=1S/C9H20N2O2S/c1-14(2)10-9(12)3-4-11-5-7-13-8-6-11/h14H,3-8H2,1-2H3,(H,10,12). The largest absolute Gasteiger partial charge is 0.379 e. The van der Waals surface area contributed by atoms with Gasteiger partial charge in [-0.1, -0.05) is 0 Å². The first-order valence-electron chi connectivity index (χ1n) is 4.95. The highest BCUT2D eigenvalue weighted by Gasteiger charge is 2.11. The highest BCUT2D eigenvalue weighted by Crippen LogP contribution is 2.06. The van der Waals surface area contributed by atoms with Crippen molar-refractivity contribution in [3.63, 3.8) is 0 Å². The van der Waals surface area contributed by atoms with E-state index in [2.05, 4.69) is 9.62 Å². The number of morpholine rings is 1. The van der Waals surface area contributed by atoms with Crippen LogP contribution in [-0.2, 0) is 9.53 Å². The molecule has 0 bridgehead atoms. The summed E-state index contributed by atoms with van der Waals surface area (Å²) < 4.78 is 8.18. The molecule has 5 heteroatoms. The Morgan fingerprint density at radius 1 is 1.43 bits per heavy atom. The summed E-state index contributed by atoms with van der Waals surface area (Å²) in [4.78, 5) is 13.6. The first-order valence-corrected chi connectivity index (χ1v) is 7.19. The van der Waals surface area contributed by atoms with Crippen molar-refractivity contribution in [2.45, 2.75) is 6.42 Å². The van der Waals surface area contributed by atoms with Gasteiger partial charge in [0.05, 0.1) is 13.2 Å². The molecule has 0 saturated carbocycles. The maximum absolute atomic E-state index is 11.3. The van der Waals surface area contributed by atoms with Crippen molar-refractivity contribution < 1.29 is 9.53 Å². The molecular formula is C9H20N2O2S. The van der Waals surface area contributed by atoms with Crippen LogP contribution >= 0.6 is 11.1 Å². The Labute approximate surface area is 88.5 Å². The molecular weight excluding hydrogens is 200 g/mol. The molecule has 1 heterocycles. The van der Waals surface area contributed by atoms with Crippen LogP contribution in [0.5, 0.6) is 0 Å². The van der Waals surface area contributed by atoms with Gasteiger partial charge in [-0.15, -0.1) is 0 Å². The fraction of sp³-hybridized carbons (Fsp3) is 0.889. The summed E-state index contributed by atoms with van der Waals surface area (Å²) in [5, 5.41) is 0. The normalized spacial score (nSPS) is 19.1. The first-order chi connectivity index (χ1) is 6.68. The molecule has 0 aromatic rings. The Balaban J connectivity index is 2.09. The number of carbonyl (C=O) groups is 1. The van der Waals surface area contributed by atoms with Gasteiger partial charge in [-0.25, -0.2) is 0 Å². The van der Waals surface area contributed by atoms with Crippen LogP contribution in [0.2, 0.25) is 0 Å². The van der Waals surface area contributed by atoms with Gasteiger partial charge < -0.3 is 9.46 Å². The lowest BCUT2D eigenvalue weighted by Gasteiger charge is -2.26. The topological polar surface area (TPSA) is 41.6 Å². The predicted octanol–water partition coefficient (Wildman–Crippen LogP) is 0.000700. The summed E-state index contributed by atoms with van der Waals surface area (Å²) in [7, 11) is 0. The number of nitrogens with zero attached hydrogens (tertiary/aromatic N) is 1. The summed E-state index contributed by atoms with van der Waals surface area (Å²) in [6.07, 6.45) is 4.70. The molecule has 1 saturated heterocycles. The lowest BCUT2D eigenvalue weighted by atomic mass is 10.3. The van der Waals surface area contributed by atoms with Crippen molar-refractivity contribution in [2.24, 2.45) is 0 Å². The van der Waals surface area contributed by atoms with E-state index in [0.29, 0.717) is 6.42 Å². The lowest BCUT2D eigenvalue weighted by Crippen LogP contribution is -2.38. The van der Waals surface area contributed by atoms with Crippen molar-refractivity contribution in [1.29, 1.82) is 0 Å². The predicted molar refractivity (Wildman–Crippen MR) is 60.9 cm³/mol. The Hall–Kier alpha value is -0.260. The number of hydrogen-bond acceptors (Lipinski definition) is 3. The van der Waals surface area contributed by atoms with Gasteiger partial charge in [-0.3, -0.25) is 9.69 Å². The van der Waals surface area contributed by atoms with Crippen LogP contribution in [0.1, 0.15) is 6.42 Å². The molecule has 4 nitrogen and oxygen atoms in total. The second-order valence-corrected chi connectivity index (χ2v) is 5.65. The van der Waals surface area contributed by atoms with Gasteiger partial charge in [0, 0.05) is 26.1 Å². The van der Waals surface area contributed by atoms with Gasteiger partial charge in [0.15, 0.2) is 0 Å². The Morgan fingerprint density at radius 3 is 2.64 bits per heavy atom. The van der Waals surface area contributed by atoms with Gasteiger partial charge in [-0.05, 0) is 12.5 Å². The molecule has 0 radical (unpaired) electrons. The van der Waals surface area contributed by atoms with Crippen LogP contribution in [0.25, 0.3) is 0 Å². The maximum Gasteiger partial charge on any atom is 0.229 e. The summed E-state index contributed by atoms with van der Waals surface area (Å²) in [6.45, 7) is 4.38. The molecule has 1 rings (SSSR count). The first kappa shape index (κ1) is 11.8. The quantitative estimate of drug-likeness (QED) is 0.655. The van der Waals surface area contributed by atoms with E-state index in [4.69, 9.17) is 4.74 Å². The Kier molecular flexibility index (Phi) is 5.29. The van der Waals surface area contributed by atoms with Crippen LogP contribution in [0.4, 0.5) is 0 Å². The number of carbonyl (C=O) groups excluding carboxylic acids is 1. The van der Waals surface area contributed by atoms with E-state index in [-0.39, 0.29) is 17.0 Å². The third-order valence-corrected chi connectivity index (χ3v) is 2.80. The molecule has 1 N–H and O–H groups in total. The summed E-state index contributed by atoms with van der Waals surface area (Å²) in [5.74, 6) is 0.174. The van der Waals surface area contributed by atoms with Crippen LogP contribution in [0.3, 0.4) is 0 Å². The van der Waals surface area contributed by atoms with Gasteiger partial charge in [-0.2, -0.15) is 11.1 Å². The molecule has 0 aromatic heterocycles. The molecule has 1 fully saturated rings. The molecule has 1 amide bonds. The summed E-state index contributed by atoms with van der Waals surface area (Å²) >= 11 is -0.312. The molecule has 84 valence electrons. The number of ether oxygens (including phenoxy) is 1. The van der Waals surface area contributed by atoms with Crippen LogP contribution in [0.15, 0.2) is 0 Å². The van der Waals surface area contributed by atoms with Gasteiger partial charge in [0.25, 0.3) is 0 Å². The maximum atomic E-state index is 11.3. The van der Waals surface area contributed by atoms with Crippen molar-refractivity contribution in [3.8, 4) is 0 Å². The van der Waals surface area contributed by atoms with Crippen molar-refractivity contribution in [2.75, 3.05) is 45.4 Å². The minimum absolute atomic E-state index is 0.174. The zero-order valence-corrected chi connectivity index (χ0v) is 9.85. The number of nitrogens with one attached hydrogen (secondary N) is 1. The average Bonchev–Trinajstić information content (AvgIpc) is 2.15. The van der Waals surface area contributed by atoms with Crippen LogP contribution in [-0.4, -0.2) is 56.2 Å². The highest BCUT2D eigenvalue weighted by atomic mass is 32.2. The zero-order chi connectivity index (χ0) is 10.4. The fourth-order valence-corrected chi connectivity index (χ4v) is 2.00. The smallest absolute Gasteiger partial charge is 0.229 e. The molecule has 0 spiro atoms. The van der Waals surface area contributed by atoms with E-state index in [1.807, 2.05) is 12.5 Å². The average molecular weight is 220 g/mol. The van der Waals surface area contributed by atoms with Gasteiger partial charge in [0.2, 0.25) is 5.91 Å². The second-order valence-electron chi connectivity index (χ2n) is 3.63. The van der Waals surface area contributed by atoms with Crippen molar-refractivity contribution >= 4 is 17.0 Å². The minimum atomic E-state index is -0.312. The third-order valence-electron chi connectivity index (χ3n) is 2.11. The van der Waals surface area contributed by atoms with E-state index in [1.165, 1.54) is 0 Å². The molecule has 14 heavy (non-hydrogen) atoms. The van der Waals surface area contributed by atoms with Crippen molar-refractivity contribution in [1.82, 2.24) is 9.62 Å². The Morgan fingerprint density at radius 2 is 2.07 bits per heavy atom.